The van der Waals surface area contributed by atoms with E-state index in [9.17, 15) is 4.79 Å². The third-order valence-corrected chi connectivity index (χ3v) is 5.41. The summed E-state index contributed by atoms with van der Waals surface area (Å²) >= 11 is 7.76. The summed E-state index contributed by atoms with van der Waals surface area (Å²) in [6.07, 6.45) is 0.767. The average Bonchev–Trinajstić information content (AvgIpc) is 2.93. The number of nitrogens with zero attached hydrogens (tertiary/aromatic N) is 3. The van der Waals surface area contributed by atoms with Crippen LogP contribution in [0.1, 0.15) is 44.6 Å². The molecule has 3 rings (SSSR count). The van der Waals surface area contributed by atoms with Crippen LogP contribution in [0.2, 0.25) is 5.02 Å². The first-order valence-corrected chi connectivity index (χ1v) is 9.66. The van der Waals surface area contributed by atoms with E-state index < -0.39 is 0 Å². The first-order chi connectivity index (χ1) is 12.2. The van der Waals surface area contributed by atoms with Crippen LogP contribution < -0.4 is 11.5 Å². The van der Waals surface area contributed by atoms with Crippen molar-refractivity contribution in [1.82, 2.24) is 14.9 Å². The number of thioether (sulfide) groups is 1. The van der Waals surface area contributed by atoms with Gasteiger partial charge in [0.1, 0.15) is 5.58 Å². The summed E-state index contributed by atoms with van der Waals surface area (Å²) in [7, 11) is 0. The van der Waals surface area contributed by atoms with Gasteiger partial charge >= 0.3 is 5.63 Å². The summed E-state index contributed by atoms with van der Waals surface area (Å²) < 4.78 is 6.84. The van der Waals surface area contributed by atoms with Gasteiger partial charge in [-0.15, -0.1) is 10.2 Å². The molecule has 1 aromatic carbocycles. The smallest absolute Gasteiger partial charge is 0.336 e. The molecule has 2 aromatic heterocycles. The number of nitrogen functional groups attached to an aromatic ring is 1. The van der Waals surface area contributed by atoms with Crippen molar-refractivity contribution in [1.29, 1.82) is 0 Å². The Bertz CT molecular complexity index is 1020. The van der Waals surface area contributed by atoms with Crippen molar-refractivity contribution in [2.24, 2.45) is 0 Å². The Morgan fingerprint density at radius 1 is 1.23 bits per heavy atom. The summed E-state index contributed by atoms with van der Waals surface area (Å²) in [5.74, 6) is 7.33. The molecule has 0 saturated carbocycles. The van der Waals surface area contributed by atoms with Crippen LogP contribution in [-0.2, 0) is 17.6 Å². The lowest BCUT2D eigenvalue weighted by Crippen LogP contribution is -2.24. The van der Waals surface area contributed by atoms with Crippen LogP contribution in [0.3, 0.4) is 0 Å². The third kappa shape index (κ3) is 3.59. The number of rotatable bonds is 4. The molecule has 26 heavy (non-hydrogen) atoms. The van der Waals surface area contributed by atoms with E-state index in [4.69, 9.17) is 21.9 Å². The number of fused-ring (bicyclic) bond motifs is 1. The number of benzene rings is 1. The van der Waals surface area contributed by atoms with E-state index >= 15 is 0 Å². The standard InChI is InChI=1S/C18H21ClN4O2S/c1-5-10-6-14-12(8-13(10)19)11(7-15(24)25-14)9-26-17-22-21-16(23(17)20)18(2,3)4/h6-8H,5,9,20H2,1-4H3. The lowest BCUT2D eigenvalue weighted by Gasteiger charge is -2.16. The maximum Gasteiger partial charge on any atom is 0.336 e. The molecular formula is C18H21ClN4O2S. The first kappa shape index (κ1) is 18.8. The molecule has 138 valence electrons. The van der Waals surface area contributed by atoms with Gasteiger partial charge in [0.05, 0.1) is 0 Å². The summed E-state index contributed by atoms with van der Waals surface area (Å²) in [5.41, 5.74) is 1.72. The fraction of sp³-hybridized carbons (Fsp3) is 0.389. The topological polar surface area (TPSA) is 86.9 Å². The van der Waals surface area contributed by atoms with Crippen molar-refractivity contribution >= 4 is 34.3 Å². The van der Waals surface area contributed by atoms with E-state index in [2.05, 4.69) is 10.2 Å². The minimum atomic E-state index is -0.387. The van der Waals surface area contributed by atoms with E-state index in [1.165, 1.54) is 22.5 Å². The Hall–Kier alpha value is -1.99. The molecule has 0 aliphatic heterocycles. The molecule has 8 heteroatoms. The predicted molar refractivity (Wildman–Crippen MR) is 105 cm³/mol. The molecule has 0 amide bonds. The Morgan fingerprint density at radius 2 is 1.96 bits per heavy atom. The highest BCUT2D eigenvalue weighted by atomic mass is 35.5. The lowest BCUT2D eigenvalue weighted by molar-refractivity contribution is 0.523. The summed E-state index contributed by atoms with van der Waals surface area (Å²) in [6, 6.07) is 5.16. The number of halogens is 1. The fourth-order valence-electron chi connectivity index (χ4n) is 2.71. The van der Waals surface area contributed by atoms with Crippen LogP contribution in [0, 0.1) is 0 Å². The van der Waals surface area contributed by atoms with Crippen molar-refractivity contribution in [3.8, 4) is 0 Å². The van der Waals surface area contributed by atoms with Crippen molar-refractivity contribution in [2.45, 2.75) is 50.4 Å². The molecule has 0 aliphatic carbocycles. The summed E-state index contributed by atoms with van der Waals surface area (Å²) in [6.45, 7) is 8.08. The monoisotopic (exact) mass is 392 g/mol. The number of nitrogens with two attached hydrogens (primary N) is 1. The summed E-state index contributed by atoms with van der Waals surface area (Å²) in [4.78, 5) is 11.9. The molecular weight excluding hydrogens is 372 g/mol. The van der Waals surface area contributed by atoms with Crippen molar-refractivity contribution in [2.75, 3.05) is 5.84 Å². The van der Waals surface area contributed by atoms with Crippen molar-refractivity contribution in [3.63, 3.8) is 0 Å². The maximum absolute atomic E-state index is 11.9. The van der Waals surface area contributed by atoms with Crippen LogP contribution in [0.4, 0.5) is 0 Å². The zero-order valence-electron chi connectivity index (χ0n) is 15.2. The van der Waals surface area contributed by atoms with Crippen LogP contribution in [0.5, 0.6) is 0 Å². The Morgan fingerprint density at radius 3 is 2.58 bits per heavy atom. The zero-order chi connectivity index (χ0) is 19.1. The Kier molecular flexibility index (Phi) is 5.03. The van der Waals surface area contributed by atoms with E-state index in [1.54, 1.807) is 0 Å². The van der Waals surface area contributed by atoms with Gasteiger partial charge in [0.2, 0.25) is 5.16 Å². The second-order valence-electron chi connectivity index (χ2n) is 7.10. The maximum atomic E-state index is 11.9. The molecule has 0 bridgehead atoms. The number of hydrogen-bond donors (Lipinski definition) is 1. The van der Waals surface area contributed by atoms with Gasteiger partial charge in [0.25, 0.3) is 0 Å². The molecule has 2 heterocycles. The fourth-order valence-corrected chi connectivity index (χ4v) is 3.85. The molecule has 0 saturated heterocycles. The molecule has 0 atom stereocenters. The molecule has 0 aliphatic rings. The van der Waals surface area contributed by atoms with Gasteiger partial charge in [-0.3, -0.25) is 0 Å². The highest BCUT2D eigenvalue weighted by Crippen LogP contribution is 2.30. The van der Waals surface area contributed by atoms with Gasteiger partial charge in [-0.2, -0.15) is 0 Å². The van der Waals surface area contributed by atoms with Gasteiger partial charge in [-0.1, -0.05) is 51.1 Å². The molecule has 3 aromatic rings. The second-order valence-corrected chi connectivity index (χ2v) is 8.45. The minimum absolute atomic E-state index is 0.203. The normalized spacial score (nSPS) is 12.0. The van der Waals surface area contributed by atoms with Gasteiger partial charge in [0, 0.05) is 27.6 Å². The molecule has 2 N–H and O–H groups in total. The molecule has 6 nitrogen and oxygen atoms in total. The van der Waals surface area contributed by atoms with E-state index in [0.29, 0.717) is 27.3 Å². The van der Waals surface area contributed by atoms with Crippen molar-refractivity contribution < 1.29 is 4.42 Å². The minimum Gasteiger partial charge on any atom is -0.423 e. The van der Waals surface area contributed by atoms with E-state index in [1.807, 2.05) is 39.8 Å². The Balaban J connectivity index is 1.96. The quantitative estimate of drug-likeness (QED) is 0.411. The lowest BCUT2D eigenvalue weighted by atomic mass is 9.96. The van der Waals surface area contributed by atoms with E-state index in [-0.39, 0.29) is 11.0 Å². The number of aromatic nitrogens is 3. The predicted octanol–water partition coefficient (Wildman–Crippen LogP) is 3.90. The van der Waals surface area contributed by atoms with Crippen LogP contribution in [0.15, 0.2) is 32.6 Å². The number of hydrogen-bond acceptors (Lipinski definition) is 6. The van der Waals surface area contributed by atoms with Gasteiger partial charge in [-0.25, -0.2) is 9.47 Å². The highest BCUT2D eigenvalue weighted by molar-refractivity contribution is 7.98. The van der Waals surface area contributed by atoms with Gasteiger partial charge < -0.3 is 10.3 Å². The second kappa shape index (κ2) is 6.96. The van der Waals surface area contributed by atoms with Crippen molar-refractivity contribution in [3.05, 3.63) is 50.6 Å². The third-order valence-electron chi connectivity index (χ3n) is 4.07. The van der Waals surface area contributed by atoms with Crippen LogP contribution in [-0.4, -0.2) is 14.9 Å². The number of aryl methyl sites for hydroxylation is 1. The van der Waals surface area contributed by atoms with Gasteiger partial charge in [0.15, 0.2) is 5.82 Å². The molecule has 0 spiro atoms. The Labute approximate surface area is 160 Å². The van der Waals surface area contributed by atoms with Crippen LogP contribution in [0.25, 0.3) is 11.0 Å². The molecule has 0 radical (unpaired) electrons. The highest BCUT2D eigenvalue weighted by Gasteiger charge is 2.23. The molecule has 0 fully saturated rings. The SMILES string of the molecule is CCc1cc2oc(=O)cc(CSc3nnc(C(C)(C)C)n3N)c2cc1Cl. The largest absolute Gasteiger partial charge is 0.423 e. The van der Waals surface area contributed by atoms with E-state index in [0.717, 1.165) is 22.9 Å². The van der Waals surface area contributed by atoms with Crippen LogP contribution >= 0.6 is 23.4 Å². The average molecular weight is 393 g/mol. The van der Waals surface area contributed by atoms with Gasteiger partial charge in [-0.05, 0) is 29.7 Å². The first-order valence-electron chi connectivity index (χ1n) is 8.29. The summed E-state index contributed by atoms with van der Waals surface area (Å²) in [5, 5.41) is 10.4. The zero-order valence-corrected chi connectivity index (χ0v) is 16.7. The molecule has 0 unspecified atom stereocenters.